The van der Waals surface area contributed by atoms with E-state index in [1.54, 1.807) is 23.4 Å². The number of aromatic amines is 1. The normalized spacial score (nSPS) is 12.8. The Labute approximate surface area is 172 Å². The summed E-state index contributed by atoms with van der Waals surface area (Å²) in [6.45, 7) is 5.48. The van der Waals surface area contributed by atoms with Crippen LogP contribution in [0.2, 0.25) is 10.0 Å². The minimum Gasteiger partial charge on any atom is -0.478 e. The maximum Gasteiger partial charge on any atom is 0.210 e. The predicted octanol–water partition coefficient (Wildman–Crippen LogP) is 4.24. The Morgan fingerprint density at radius 2 is 2.18 bits per heavy atom. The Kier molecular flexibility index (Phi) is 6.12. The first-order valence-electron chi connectivity index (χ1n) is 8.87. The van der Waals surface area contributed by atoms with Crippen molar-refractivity contribution < 1.29 is 9.53 Å². The summed E-state index contributed by atoms with van der Waals surface area (Å²) in [6.07, 6.45) is 4.31. The lowest BCUT2D eigenvalue weighted by Crippen LogP contribution is -2.32. The van der Waals surface area contributed by atoms with E-state index in [-0.39, 0.29) is 6.61 Å². The van der Waals surface area contributed by atoms with Gasteiger partial charge in [0.05, 0.1) is 33.7 Å². The SMILES string of the molecule is CC.N#CCOc1cc(Cl)c(Cl)c2c1c(-c1cn[nH]c1)c1n2CCN(C=O)C1. The Hall–Kier alpha value is -2.69. The van der Waals surface area contributed by atoms with Crippen LogP contribution in [-0.4, -0.2) is 39.2 Å². The second-order valence-corrected chi connectivity index (χ2v) is 6.66. The van der Waals surface area contributed by atoms with E-state index in [1.807, 2.05) is 19.9 Å². The highest BCUT2D eigenvalue weighted by molar-refractivity contribution is 6.45. The number of fused-ring (bicyclic) bond motifs is 3. The highest BCUT2D eigenvalue weighted by Gasteiger charge is 2.29. The van der Waals surface area contributed by atoms with Crippen LogP contribution in [0.15, 0.2) is 18.5 Å². The molecule has 0 saturated carbocycles. The third kappa shape index (κ3) is 3.30. The van der Waals surface area contributed by atoms with Crippen molar-refractivity contribution in [1.82, 2.24) is 19.7 Å². The van der Waals surface area contributed by atoms with Crippen LogP contribution in [0.3, 0.4) is 0 Å². The molecule has 9 heteroatoms. The number of nitrogens with one attached hydrogen (secondary N) is 1. The Morgan fingerprint density at radius 3 is 2.82 bits per heavy atom. The molecule has 0 aliphatic carbocycles. The summed E-state index contributed by atoms with van der Waals surface area (Å²) in [5.41, 5.74) is 3.37. The van der Waals surface area contributed by atoms with Crippen LogP contribution in [0.25, 0.3) is 22.0 Å². The summed E-state index contributed by atoms with van der Waals surface area (Å²) < 4.78 is 7.70. The van der Waals surface area contributed by atoms with Gasteiger partial charge in [0.25, 0.3) is 0 Å². The molecule has 0 spiro atoms. The molecule has 7 nitrogen and oxygen atoms in total. The van der Waals surface area contributed by atoms with Gasteiger partial charge >= 0.3 is 0 Å². The van der Waals surface area contributed by atoms with Gasteiger partial charge in [0.2, 0.25) is 6.41 Å². The molecule has 1 N–H and O–H groups in total. The number of hydrogen-bond donors (Lipinski definition) is 1. The molecule has 0 atom stereocenters. The fraction of sp³-hybridized carbons (Fsp3) is 0.316. The summed E-state index contributed by atoms with van der Waals surface area (Å²) in [5.74, 6) is 0.478. The van der Waals surface area contributed by atoms with Crippen molar-refractivity contribution in [1.29, 1.82) is 5.26 Å². The minimum absolute atomic E-state index is 0.112. The Balaban J connectivity index is 0.00000109. The number of ether oxygens (including phenoxy) is 1. The van der Waals surface area contributed by atoms with Crippen molar-refractivity contribution in [2.24, 2.45) is 0 Å². The first-order chi connectivity index (χ1) is 13.7. The van der Waals surface area contributed by atoms with Gasteiger partial charge in [-0.05, 0) is 0 Å². The van der Waals surface area contributed by atoms with Crippen molar-refractivity contribution in [3.8, 4) is 22.9 Å². The number of hydrogen-bond acceptors (Lipinski definition) is 4. The van der Waals surface area contributed by atoms with Gasteiger partial charge in [-0.2, -0.15) is 10.4 Å². The van der Waals surface area contributed by atoms with Crippen molar-refractivity contribution in [2.75, 3.05) is 13.2 Å². The summed E-state index contributed by atoms with van der Waals surface area (Å²) in [7, 11) is 0. The molecule has 1 aliphatic heterocycles. The van der Waals surface area contributed by atoms with E-state index >= 15 is 0 Å². The quantitative estimate of drug-likeness (QED) is 0.640. The highest BCUT2D eigenvalue weighted by atomic mass is 35.5. The molecule has 1 amide bonds. The van der Waals surface area contributed by atoms with Gasteiger partial charge in [-0.25, -0.2) is 0 Å². The number of carbonyl (C=O) groups excluding carboxylic acids is 1. The number of halogens is 2. The van der Waals surface area contributed by atoms with Gasteiger partial charge in [0, 0.05) is 42.2 Å². The third-order valence-corrected chi connectivity index (χ3v) is 5.26. The fourth-order valence-electron chi connectivity index (χ4n) is 3.42. The topological polar surface area (TPSA) is 86.9 Å². The summed E-state index contributed by atoms with van der Waals surface area (Å²) in [6, 6.07) is 3.59. The van der Waals surface area contributed by atoms with Crippen LogP contribution < -0.4 is 4.74 Å². The molecule has 1 aromatic carbocycles. The molecule has 0 bridgehead atoms. The first-order valence-corrected chi connectivity index (χ1v) is 9.62. The molecule has 3 heterocycles. The van der Waals surface area contributed by atoms with Gasteiger partial charge in [0.1, 0.15) is 11.8 Å². The average Bonchev–Trinajstić information content (AvgIpc) is 3.36. The third-order valence-electron chi connectivity index (χ3n) is 4.48. The van der Waals surface area contributed by atoms with E-state index in [9.17, 15) is 4.79 Å². The molecule has 3 aromatic rings. The van der Waals surface area contributed by atoms with E-state index in [0.717, 1.165) is 34.1 Å². The van der Waals surface area contributed by atoms with Crippen LogP contribution in [-0.2, 0) is 17.9 Å². The molecule has 0 unspecified atom stereocenters. The number of carbonyl (C=O) groups is 1. The largest absolute Gasteiger partial charge is 0.478 e. The van der Waals surface area contributed by atoms with Gasteiger partial charge < -0.3 is 14.2 Å². The zero-order valence-electron chi connectivity index (χ0n) is 15.5. The zero-order chi connectivity index (χ0) is 20.3. The molecular weight excluding hydrogens is 401 g/mol. The second-order valence-electron chi connectivity index (χ2n) is 5.88. The number of aromatic nitrogens is 3. The van der Waals surface area contributed by atoms with E-state index in [0.29, 0.717) is 35.4 Å². The molecule has 28 heavy (non-hydrogen) atoms. The second kappa shape index (κ2) is 8.55. The van der Waals surface area contributed by atoms with Gasteiger partial charge in [-0.1, -0.05) is 37.0 Å². The van der Waals surface area contributed by atoms with Crippen LogP contribution in [0.1, 0.15) is 19.5 Å². The van der Waals surface area contributed by atoms with Gasteiger partial charge in [-0.15, -0.1) is 0 Å². The number of benzene rings is 1. The highest BCUT2D eigenvalue weighted by Crippen LogP contribution is 2.46. The molecule has 1 aliphatic rings. The molecule has 0 fully saturated rings. The Bertz CT molecular complexity index is 1040. The molecule has 0 radical (unpaired) electrons. The predicted molar refractivity (Wildman–Crippen MR) is 108 cm³/mol. The van der Waals surface area contributed by atoms with E-state index in [4.69, 9.17) is 33.2 Å². The molecule has 0 saturated heterocycles. The van der Waals surface area contributed by atoms with Crippen molar-refractivity contribution in [3.63, 3.8) is 0 Å². The fourth-order valence-corrected chi connectivity index (χ4v) is 3.86. The summed E-state index contributed by atoms with van der Waals surface area (Å²) in [5, 5.41) is 17.3. The minimum atomic E-state index is -0.112. The standard InChI is InChI=1S/C17H13Cl2N5O2.C2H6/c18-11-5-13(26-4-1-20)15-14(10-6-21-22-7-10)12-8-23(9-25)2-3-24(12)17(15)16(11)19;1-2/h5-7,9H,2-4,8H2,(H,21,22);1-2H3. The average molecular weight is 420 g/mol. The number of rotatable bonds is 4. The molecule has 2 aromatic heterocycles. The maximum atomic E-state index is 11.3. The lowest BCUT2D eigenvalue weighted by molar-refractivity contribution is -0.119. The first kappa shape index (κ1) is 20.1. The van der Waals surface area contributed by atoms with Crippen molar-refractivity contribution in [3.05, 3.63) is 34.2 Å². The van der Waals surface area contributed by atoms with E-state index in [1.165, 1.54) is 0 Å². The lowest BCUT2D eigenvalue weighted by Gasteiger charge is -2.26. The van der Waals surface area contributed by atoms with Crippen molar-refractivity contribution >= 4 is 40.5 Å². The lowest BCUT2D eigenvalue weighted by atomic mass is 10.0. The van der Waals surface area contributed by atoms with Gasteiger partial charge in [-0.3, -0.25) is 9.89 Å². The van der Waals surface area contributed by atoms with Gasteiger partial charge in [0.15, 0.2) is 6.61 Å². The maximum absolute atomic E-state index is 11.3. The zero-order valence-corrected chi connectivity index (χ0v) is 17.0. The molecular formula is C19H19Cl2N5O2. The van der Waals surface area contributed by atoms with Crippen LogP contribution >= 0.6 is 23.2 Å². The molecule has 146 valence electrons. The summed E-state index contributed by atoms with van der Waals surface area (Å²) in [4.78, 5) is 13.0. The van der Waals surface area contributed by atoms with E-state index < -0.39 is 0 Å². The number of H-pyrrole nitrogens is 1. The smallest absolute Gasteiger partial charge is 0.210 e. The number of nitrogens with zero attached hydrogens (tertiary/aromatic N) is 4. The monoisotopic (exact) mass is 419 g/mol. The number of nitriles is 1. The molecule has 4 rings (SSSR count). The van der Waals surface area contributed by atoms with Crippen LogP contribution in [0.4, 0.5) is 0 Å². The van der Waals surface area contributed by atoms with Crippen LogP contribution in [0, 0.1) is 11.3 Å². The van der Waals surface area contributed by atoms with Crippen molar-refractivity contribution in [2.45, 2.75) is 26.9 Å². The van der Waals surface area contributed by atoms with E-state index in [2.05, 4.69) is 14.8 Å². The summed E-state index contributed by atoms with van der Waals surface area (Å²) >= 11 is 12.8. The van der Waals surface area contributed by atoms with Crippen LogP contribution in [0.5, 0.6) is 5.75 Å². The number of amides is 1. The Morgan fingerprint density at radius 1 is 1.39 bits per heavy atom.